The number of aliphatic carboxylic acids is 1. The second kappa shape index (κ2) is 15.7. The molecular weight excluding hydrogens is 470 g/mol. The van der Waals surface area contributed by atoms with Crippen LogP contribution in [0.5, 0.6) is 5.75 Å². The molecule has 12 nitrogen and oxygen atoms in total. The van der Waals surface area contributed by atoms with Crippen LogP contribution in [0.1, 0.15) is 45.1 Å². The minimum atomic E-state index is -1.52. The van der Waals surface area contributed by atoms with Crippen molar-refractivity contribution >= 4 is 23.7 Å². The van der Waals surface area contributed by atoms with E-state index < -0.39 is 54.5 Å². The summed E-state index contributed by atoms with van der Waals surface area (Å²) in [4.78, 5) is 49.7. The minimum Gasteiger partial charge on any atom is -0.508 e. The number of amides is 3. The highest BCUT2D eigenvalue weighted by atomic mass is 16.4. The number of nitrogens with one attached hydrogen (secondary N) is 3. The van der Waals surface area contributed by atoms with E-state index in [0.717, 1.165) is 5.56 Å². The van der Waals surface area contributed by atoms with E-state index in [-0.39, 0.29) is 30.9 Å². The van der Waals surface area contributed by atoms with Crippen LogP contribution >= 0.6 is 0 Å². The van der Waals surface area contributed by atoms with Crippen molar-refractivity contribution in [2.24, 2.45) is 17.4 Å². The zero-order valence-electron chi connectivity index (χ0n) is 20.8. The quantitative estimate of drug-likeness (QED) is 0.128. The molecule has 3 amide bonds. The average Bonchev–Trinajstić information content (AvgIpc) is 2.82. The number of carbonyl (C=O) groups excluding carboxylic acids is 3. The van der Waals surface area contributed by atoms with Gasteiger partial charge in [-0.1, -0.05) is 26.0 Å². The fourth-order valence-corrected chi connectivity index (χ4v) is 3.45. The predicted octanol–water partition coefficient (Wildman–Crippen LogP) is -1.03. The molecule has 1 aromatic rings. The van der Waals surface area contributed by atoms with Crippen molar-refractivity contribution in [1.29, 1.82) is 0 Å². The Hall–Kier alpha value is -3.22. The lowest BCUT2D eigenvalue weighted by atomic mass is 10.0. The van der Waals surface area contributed by atoms with Gasteiger partial charge in [0, 0.05) is 0 Å². The normalized spacial score (nSPS) is 14.4. The summed E-state index contributed by atoms with van der Waals surface area (Å²) < 4.78 is 0. The van der Waals surface area contributed by atoms with Gasteiger partial charge in [0.2, 0.25) is 17.7 Å². The van der Waals surface area contributed by atoms with Crippen molar-refractivity contribution < 1.29 is 34.5 Å². The van der Waals surface area contributed by atoms with Crippen molar-refractivity contribution in [2.45, 2.75) is 70.1 Å². The number of carboxylic acids is 1. The maximum atomic E-state index is 13.1. The van der Waals surface area contributed by atoms with E-state index in [2.05, 4.69) is 16.0 Å². The van der Waals surface area contributed by atoms with E-state index in [0.29, 0.717) is 19.4 Å². The van der Waals surface area contributed by atoms with Gasteiger partial charge in [-0.3, -0.25) is 14.4 Å². The molecule has 0 aliphatic carbocycles. The van der Waals surface area contributed by atoms with E-state index in [1.165, 1.54) is 12.1 Å². The van der Waals surface area contributed by atoms with Crippen LogP contribution in [0.25, 0.3) is 0 Å². The SMILES string of the molecule is CC(C)CC(NC(=O)C(N)Cc1ccc(O)cc1)C(=O)NC(CCCCN)C(=O)NC(CO)C(=O)O. The van der Waals surface area contributed by atoms with Gasteiger partial charge in [0.1, 0.15) is 23.9 Å². The Morgan fingerprint density at radius 2 is 1.44 bits per heavy atom. The van der Waals surface area contributed by atoms with Gasteiger partial charge in [-0.15, -0.1) is 0 Å². The highest BCUT2D eigenvalue weighted by Crippen LogP contribution is 2.12. The van der Waals surface area contributed by atoms with Crippen LogP contribution < -0.4 is 27.4 Å². The Kier molecular flexibility index (Phi) is 13.4. The molecule has 36 heavy (non-hydrogen) atoms. The number of phenols is 1. The van der Waals surface area contributed by atoms with Crippen LogP contribution in [-0.4, -0.2) is 76.3 Å². The van der Waals surface area contributed by atoms with Crippen molar-refractivity contribution in [3.8, 4) is 5.75 Å². The van der Waals surface area contributed by atoms with Crippen LogP contribution in [0, 0.1) is 5.92 Å². The first-order valence-electron chi connectivity index (χ1n) is 12.0. The van der Waals surface area contributed by atoms with Crippen molar-refractivity contribution in [1.82, 2.24) is 16.0 Å². The number of hydrogen-bond acceptors (Lipinski definition) is 8. The van der Waals surface area contributed by atoms with E-state index in [4.69, 9.17) is 16.6 Å². The molecule has 0 radical (unpaired) electrons. The third-order valence-electron chi connectivity index (χ3n) is 5.45. The highest BCUT2D eigenvalue weighted by molar-refractivity contribution is 5.94. The number of carbonyl (C=O) groups is 4. The third kappa shape index (κ3) is 11.0. The molecule has 1 rings (SSSR count). The number of nitrogens with two attached hydrogens (primary N) is 2. The molecule has 0 saturated heterocycles. The molecular formula is C24H39N5O7. The summed E-state index contributed by atoms with van der Waals surface area (Å²) in [6, 6.07) is 1.70. The summed E-state index contributed by atoms with van der Waals surface area (Å²) >= 11 is 0. The Bertz CT molecular complexity index is 863. The smallest absolute Gasteiger partial charge is 0.328 e. The van der Waals surface area contributed by atoms with Gasteiger partial charge in [-0.25, -0.2) is 4.79 Å². The van der Waals surface area contributed by atoms with Crippen LogP contribution in [0.15, 0.2) is 24.3 Å². The number of hydrogen-bond donors (Lipinski definition) is 8. The molecule has 0 aromatic heterocycles. The van der Waals surface area contributed by atoms with Gasteiger partial charge in [-0.2, -0.15) is 0 Å². The Labute approximate surface area is 210 Å². The molecule has 0 heterocycles. The number of carboxylic acid groups (broad SMARTS) is 1. The van der Waals surface area contributed by atoms with Crippen LogP contribution in [0.4, 0.5) is 0 Å². The summed E-state index contributed by atoms with van der Waals surface area (Å²) in [6.07, 6.45) is 1.72. The monoisotopic (exact) mass is 509 g/mol. The van der Waals surface area contributed by atoms with Crippen LogP contribution in [0.3, 0.4) is 0 Å². The molecule has 12 heteroatoms. The third-order valence-corrected chi connectivity index (χ3v) is 5.45. The Balaban J connectivity index is 2.93. The summed E-state index contributed by atoms with van der Waals surface area (Å²) in [6.45, 7) is 3.30. The van der Waals surface area contributed by atoms with Gasteiger partial charge in [0.05, 0.1) is 12.6 Å². The zero-order chi connectivity index (χ0) is 27.3. The standard InChI is InChI=1S/C24H39N5O7/c1-14(2)11-19(28-21(32)17(26)12-15-6-8-16(31)9-7-15)23(34)27-18(5-3-4-10-25)22(33)29-20(13-30)24(35)36/h6-9,14,17-20,30-31H,3-5,10-13,25-26H2,1-2H3,(H,27,34)(H,28,32)(H,29,33)(H,35,36). The first kappa shape index (κ1) is 30.8. The summed E-state index contributed by atoms with van der Waals surface area (Å²) in [5.74, 6) is -3.24. The highest BCUT2D eigenvalue weighted by Gasteiger charge is 2.30. The average molecular weight is 510 g/mol. The van der Waals surface area contributed by atoms with Crippen LogP contribution in [0.2, 0.25) is 0 Å². The van der Waals surface area contributed by atoms with Crippen molar-refractivity contribution in [2.75, 3.05) is 13.2 Å². The number of aliphatic hydroxyl groups is 1. The van der Waals surface area contributed by atoms with Crippen LogP contribution in [-0.2, 0) is 25.6 Å². The summed E-state index contributed by atoms with van der Waals surface area (Å²) in [5, 5.41) is 35.2. The second-order valence-corrected chi connectivity index (χ2v) is 9.10. The maximum absolute atomic E-state index is 13.1. The molecule has 0 aliphatic rings. The van der Waals surface area contributed by atoms with Crippen molar-refractivity contribution in [3.63, 3.8) is 0 Å². The topological polar surface area (TPSA) is 217 Å². The fraction of sp³-hybridized carbons (Fsp3) is 0.583. The predicted molar refractivity (Wildman–Crippen MR) is 133 cm³/mol. The van der Waals surface area contributed by atoms with Crippen molar-refractivity contribution in [3.05, 3.63) is 29.8 Å². The maximum Gasteiger partial charge on any atom is 0.328 e. The number of rotatable bonds is 16. The molecule has 0 fully saturated rings. The number of phenolic OH excluding ortho intramolecular Hbond substituents is 1. The molecule has 202 valence electrons. The lowest BCUT2D eigenvalue weighted by molar-refractivity contribution is -0.143. The molecule has 4 unspecified atom stereocenters. The molecule has 0 bridgehead atoms. The number of benzene rings is 1. The summed E-state index contributed by atoms with van der Waals surface area (Å²) in [7, 11) is 0. The van der Waals surface area contributed by atoms with E-state index in [1.807, 2.05) is 13.8 Å². The van der Waals surface area contributed by atoms with Gasteiger partial charge in [-0.05, 0) is 62.3 Å². The molecule has 4 atom stereocenters. The first-order valence-corrected chi connectivity index (χ1v) is 12.0. The molecule has 0 spiro atoms. The largest absolute Gasteiger partial charge is 0.508 e. The Morgan fingerprint density at radius 3 is 1.97 bits per heavy atom. The van der Waals surface area contributed by atoms with Gasteiger partial charge in [0.15, 0.2) is 0 Å². The zero-order valence-corrected chi connectivity index (χ0v) is 20.8. The first-order chi connectivity index (χ1) is 17.0. The fourth-order valence-electron chi connectivity index (χ4n) is 3.45. The van der Waals surface area contributed by atoms with E-state index in [1.54, 1.807) is 12.1 Å². The van der Waals surface area contributed by atoms with Gasteiger partial charge in [0.25, 0.3) is 0 Å². The van der Waals surface area contributed by atoms with E-state index in [9.17, 15) is 29.4 Å². The number of unbranched alkanes of at least 4 members (excludes halogenated alkanes) is 1. The van der Waals surface area contributed by atoms with Gasteiger partial charge >= 0.3 is 5.97 Å². The second-order valence-electron chi connectivity index (χ2n) is 9.10. The molecule has 10 N–H and O–H groups in total. The minimum absolute atomic E-state index is 0.0182. The lowest BCUT2D eigenvalue weighted by Crippen LogP contribution is -2.57. The Morgan fingerprint density at radius 1 is 0.889 bits per heavy atom. The van der Waals surface area contributed by atoms with E-state index >= 15 is 0 Å². The lowest BCUT2D eigenvalue weighted by Gasteiger charge is -2.26. The number of aliphatic hydroxyl groups excluding tert-OH is 1. The number of aromatic hydroxyl groups is 1. The molecule has 0 aliphatic heterocycles. The molecule has 0 saturated carbocycles. The van der Waals surface area contributed by atoms with Gasteiger partial charge < -0.3 is 42.7 Å². The summed E-state index contributed by atoms with van der Waals surface area (Å²) in [5.41, 5.74) is 12.3. The molecule has 1 aromatic carbocycles.